The van der Waals surface area contributed by atoms with Gasteiger partial charge in [-0.1, -0.05) is 36.1 Å². The van der Waals surface area contributed by atoms with Crippen LogP contribution in [0.4, 0.5) is 4.39 Å². The summed E-state index contributed by atoms with van der Waals surface area (Å²) in [7, 11) is 0. The lowest BCUT2D eigenvalue weighted by Gasteiger charge is -2.23. The van der Waals surface area contributed by atoms with Gasteiger partial charge in [0.2, 0.25) is 5.91 Å². The van der Waals surface area contributed by atoms with Crippen LogP contribution in [0.5, 0.6) is 11.5 Å². The molecule has 0 aromatic heterocycles. The number of benzene rings is 2. The molecule has 0 saturated carbocycles. The van der Waals surface area contributed by atoms with Crippen LogP contribution < -0.4 is 15.4 Å². The number of hydrogen-bond acceptors (Lipinski definition) is 6. The van der Waals surface area contributed by atoms with Crippen LogP contribution in [0.15, 0.2) is 47.4 Å². The third-order valence-corrected chi connectivity index (χ3v) is 5.62. The molecule has 6 nitrogen and oxygen atoms in total. The maximum Gasteiger partial charge on any atom is 0.263 e. The molecule has 0 radical (unpaired) electrons. The first-order valence-corrected chi connectivity index (χ1v) is 10.4. The normalized spacial score (nSPS) is 20.2. The summed E-state index contributed by atoms with van der Waals surface area (Å²) in [5.74, 6) is -0.0408. The minimum absolute atomic E-state index is 0.0525. The molecular formula is C21H17FN2O4S2. The minimum Gasteiger partial charge on any atom is -0.457 e. The number of nitrogens with one attached hydrogen (secondary N) is 2. The Balaban J connectivity index is 1.40. The predicted octanol–water partition coefficient (Wildman–Crippen LogP) is 3.16. The zero-order valence-corrected chi connectivity index (χ0v) is 17.3. The van der Waals surface area contributed by atoms with E-state index in [1.165, 1.54) is 12.1 Å². The summed E-state index contributed by atoms with van der Waals surface area (Å²) in [6.45, 7) is 0.590. The molecule has 154 valence electrons. The van der Waals surface area contributed by atoms with Gasteiger partial charge < -0.3 is 20.1 Å². The lowest BCUT2D eigenvalue weighted by molar-refractivity contribution is -0.131. The smallest absolute Gasteiger partial charge is 0.263 e. The molecule has 2 saturated heterocycles. The van der Waals surface area contributed by atoms with Crippen molar-refractivity contribution in [1.82, 2.24) is 10.6 Å². The number of amides is 2. The fourth-order valence-corrected chi connectivity index (χ4v) is 4.11. The van der Waals surface area contributed by atoms with Gasteiger partial charge in [0.05, 0.1) is 17.6 Å². The molecular weight excluding hydrogens is 427 g/mol. The van der Waals surface area contributed by atoms with Crippen LogP contribution in [0.1, 0.15) is 11.1 Å². The Hall–Kier alpha value is -2.75. The molecule has 9 heteroatoms. The topological polar surface area (TPSA) is 76.7 Å². The van der Waals surface area contributed by atoms with Crippen LogP contribution in [0, 0.1) is 5.82 Å². The van der Waals surface area contributed by atoms with Crippen molar-refractivity contribution < 1.29 is 23.5 Å². The van der Waals surface area contributed by atoms with Gasteiger partial charge in [-0.05, 0) is 42.3 Å². The van der Waals surface area contributed by atoms with Gasteiger partial charge in [-0.2, -0.15) is 0 Å². The summed E-state index contributed by atoms with van der Waals surface area (Å²) in [6, 6.07) is 11.8. The van der Waals surface area contributed by atoms with E-state index in [0.717, 1.165) is 17.3 Å². The molecule has 1 atom stereocenters. The van der Waals surface area contributed by atoms with Crippen molar-refractivity contribution in [3.63, 3.8) is 0 Å². The van der Waals surface area contributed by atoms with E-state index in [1.54, 1.807) is 24.3 Å². The minimum atomic E-state index is -0.504. The zero-order chi connectivity index (χ0) is 21.1. The number of hydrogen-bond donors (Lipinski definition) is 2. The second kappa shape index (κ2) is 8.95. The molecule has 2 aliphatic rings. The van der Waals surface area contributed by atoms with Crippen molar-refractivity contribution in [2.24, 2.45) is 0 Å². The van der Waals surface area contributed by atoms with Gasteiger partial charge in [0.1, 0.15) is 28.2 Å². The van der Waals surface area contributed by atoms with Crippen LogP contribution in [0.3, 0.4) is 0 Å². The van der Waals surface area contributed by atoms with Gasteiger partial charge in [0.15, 0.2) is 0 Å². The summed E-state index contributed by atoms with van der Waals surface area (Å²) in [6.07, 6.45) is 2.11. The second-order valence-corrected chi connectivity index (χ2v) is 8.48. The molecule has 2 aliphatic heterocycles. The van der Waals surface area contributed by atoms with E-state index in [2.05, 4.69) is 10.6 Å². The first-order valence-electron chi connectivity index (χ1n) is 9.14. The number of halogens is 1. The van der Waals surface area contributed by atoms with Crippen molar-refractivity contribution in [3.8, 4) is 11.5 Å². The van der Waals surface area contributed by atoms with Crippen molar-refractivity contribution >= 4 is 46.2 Å². The summed E-state index contributed by atoms with van der Waals surface area (Å²) < 4.78 is 25.8. The molecule has 0 bridgehead atoms. The molecule has 4 rings (SSSR count). The Morgan fingerprint density at radius 3 is 2.63 bits per heavy atom. The monoisotopic (exact) mass is 444 g/mol. The van der Waals surface area contributed by atoms with E-state index < -0.39 is 5.82 Å². The number of rotatable bonds is 5. The van der Waals surface area contributed by atoms with Gasteiger partial charge >= 0.3 is 0 Å². The number of carbonyl (C=O) groups is 2. The Kier molecular flexibility index (Phi) is 6.12. The van der Waals surface area contributed by atoms with Gasteiger partial charge in [-0.15, -0.1) is 0 Å². The van der Waals surface area contributed by atoms with E-state index in [9.17, 15) is 14.0 Å². The first kappa shape index (κ1) is 20.5. The molecule has 0 spiro atoms. The van der Waals surface area contributed by atoms with E-state index >= 15 is 0 Å². The van der Waals surface area contributed by atoms with E-state index in [0.29, 0.717) is 33.8 Å². The molecule has 0 aliphatic carbocycles. The Morgan fingerprint density at radius 2 is 1.97 bits per heavy atom. The molecule has 2 fully saturated rings. The van der Waals surface area contributed by atoms with Crippen molar-refractivity contribution in [1.29, 1.82) is 0 Å². The van der Waals surface area contributed by atoms with E-state index in [1.807, 2.05) is 12.1 Å². The average Bonchev–Trinajstić information content (AvgIpc) is 3.02. The van der Waals surface area contributed by atoms with E-state index in [-0.39, 0.29) is 30.0 Å². The largest absolute Gasteiger partial charge is 0.457 e. The second-order valence-electron chi connectivity index (χ2n) is 6.77. The fourth-order valence-electron chi connectivity index (χ4n) is 3.08. The summed E-state index contributed by atoms with van der Waals surface area (Å²) in [5, 5.41) is 5.38. The number of carbonyl (C=O) groups excluding carboxylic acids is 2. The zero-order valence-electron chi connectivity index (χ0n) is 15.6. The van der Waals surface area contributed by atoms with Gasteiger partial charge in [-0.25, -0.2) is 4.39 Å². The lowest BCUT2D eigenvalue weighted by atomic mass is 10.1. The maximum absolute atomic E-state index is 14.4. The molecule has 30 heavy (non-hydrogen) atoms. The number of thiocarbonyl (C=S) groups is 1. The van der Waals surface area contributed by atoms with Gasteiger partial charge in [0, 0.05) is 11.6 Å². The van der Waals surface area contributed by atoms with Crippen LogP contribution >= 0.6 is 24.0 Å². The number of morpholine rings is 1. The fraction of sp³-hybridized carbons (Fsp3) is 0.190. The Labute approximate surface area is 181 Å². The highest BCUT2D eigenvalue weighted by molar-refractivity contribution is 8.26. The predicted molar refractivity (Wildman–Crippen MR) is 116 cm³/mol. The molecule has 2 aromatic carbocycles. The van der Waals surface area contributed by atoms with Crippen LogP contribution in [-0.4, -0.2) is 35.4 Å². The summed E-state index contributed by atoms with van der Waals surface area (Å²) in [4.78, 5) is 23.4. The van der Waals surface area contributed by atoms with Gasteiger partial charge in [-0.3, -0.25) is 9.59 Å². The average molecular weight is 445 g/mol. The van der Waals surface area contributed by atoms with Crippen molar-refractivity contribution in [2.75, 3.05) is 13.2 Å². The molecule has 2 heterocycles. The number of ether oxygens (including phenoxy) is 2. The molecule has 2 aromatic rings. The van der Waals surface area contributed by atoms with Crippen molar-refractivity contribution in [3.05, 3.63) is 64.3 Å². The Bertz CT molecular complexity index is 1040. The number of thioether (sulfide) groups is 1. The van der Waals surface area contributed by atoms with Gasteiger partial charge in [0.25, 0.3) is 5.91 Å². The third-order valence-electron chi connectivity index (χ3n) is 4.46. The molecule has 2 amide bonds. The third kappa shape index (κ3) is 5.05. The maximum atomic E-state index is 14.4. The molecule has 2 N–H and O–H groups in total. The summed E-state index contributed by atoms with van der Waals surface area (Å²) in [5.41, 5.74) is 1.30. The van der Waals surface area contributed by atoms with Crippen molar-refractivity contribution in [2.45, 2.75) is 12.5 Å². The van der Waals surface area contributed by atoms with E-state index in [4.69, 9.17) is 21.7 Å². The Morgan fingerprint density at radius 1 is 1.20 bits per heavy atom. The highest BCUT2D eigenvalue weighted by Gasteiger charge is 2.22. The first-order chi connectivity index (χ1) is 14.5. The molecule has 1 unspecified atom stereocenters. The van der Waals surface area contributed by atoms with Crippen LogP contribution in [0.25, 0.3) is 6.08 Å². The van der Waals surface area contributed by atoms with Crippen LogP contribution in [-0.2, 0) is 20.7 Å². The lowest BCUT2D eigenvalue weighted by Crippen LogP contribution is -2.46. The quantitative estimate of drug-likeness (QED) is 0.545. The highest BCUT2D eigenvalue weighted by Crippen LogP contribution is 2.29. The summed E-state index contributed by atoms with van der Waals surface area (Å²) >= 11 is 6.03. The highest BCUT2D eigenvalue weighted by atomic mass is 32.2. The standard InChI is InChI=1S/C21H17FN2O4S2/c22-17-9-16(6-3-13(17)8-18-20(26)24-21(29)30-18)28-15-4-1-12(2-5-15)7-14-10-27-11-19(25)23-14/h1-6,8-9,14H,7,10-11H2,(H,23,25)(H,24,26,29). The SMILES string of the molecule is O=C1COCC(Cc2ccc(Oc3ccc(C=C4SC(=S)NC4=O)c(F)c3)cc2)N1. The van der Waals surface area contributed by atoms with Crippen LogP contribution in [0.2, 0.25) is 0 Å².